The van der Waals surface area contributed by atoms with Gasteiger partial charge in [-0.2, -0.15) is 0 Å². The van der Waals surface area contributed by atoms with Gasteiger partial charge in [0.2, 0.25) is 0 Å². The maximum atomic E-state index is 8.84. The summed E-state index contributed by atoms with van der Waals surface area (Å²) in [6.45, 7) is 6.63. The van der Waals surface area contributed by atoms with E-state index in [-0.39, 0.29) is 6.61 Å². The molecular formula is C11H22O. The van der Waals surface area contributed by atoms with E-state index < -0.39 is 0 Å². The highest BCUT2D eigenvalue weighted by Gasteiger charge is 2.01. The van der Waals surface area contributed by atoms with E-state index in [1.165, 1.54) is 25.7 Å². The van der Waals surface area contributed by atoms with Gasteiger partial charge in [0.1, 0.15) is 0 Å². The van der Waals surface area contributed by atoms with Gasteiger partial charge in [0.15, 0.2) is 0 Å². The summed E-state index contributed by atoms with van der Waals surface area (Å²) < 4.78 is 0. The van der Waals surface area contributed by atoms with Gasteiger partial charge < -0.3 is 5.11 Å². The van der Waals surface area contributed by atoms with E-state index in [0.717, 1.165) is 5.57 Å². The zero-order chi connectivity index (χ0) is 9.40. The van der Waals surface area contributed by atoms with Crippen LogP contribution in [0.25, 0.3) is 0 Å². The number of rotatable bonds is 6. The van der Waals surface area contributed by atoms with Crippen LogP contribution in [0.15, 0.2) is 11.6 Å². The number of aliphatic hydroxyl groups excluding tert-OH is 1. The smallest absolute Gasteiger partial charge is 0.0639 e. The lowest BCUT2D eigenvalue weighted by Gasteiger charge is -2.09. The number of hydrogen-bond acceptors (Lipinski definition) is 1. The standard InChI is InChI=1S/C11H22O/c1-4-6-7-11(5-2)8-10(3)9-12/h8,11-12H,4-7,9H2,1-3H3/b10-8+/t11-/m0/s1. The van der Waals surface area contributed by atoms with Gasteiger partial charge in [-0.05, 0) is 25.7 Å². The Morgan fingerprint density at radius 2 is 2.08 bits per heavy atom. The van der Waals surface area contributed by atoms with Crippen LogP contribution in [0.5, 0.6) is 0 Å². The fourth-order valence-corrected chi connectivity index (χ4v) is 1.33. The quantitative estimate of drug-likeness (QED) is 0.607. The van der Waals surface area contributed by atoms with E-state index in [2.05, 4.69) is 19.9 Å². The van der Waals surface area contributed by atoms with Crippen molar-refractivity contribution < 1.29 is 5.11 Å². The fourth-order valence-electron chi connectivity index (χ4n) is 1.33. The Labute approximate surface area is 76.5 Å². The van der Waals surface area contributed by atoms with Gasteiger partial charge in [0.25, 0.3) is 0 Å². The normalized spacial score (nSPS) is 14.8. The zero-order valence-corrected chi connectivity index (χ0v) is 8.64. The molecule has 0 fully saturated rings. The van der Waals surface area contributed by atoms with E-state index in [4.69, 9.17) is 5.11 Å². The molecule has 1 atom stereocenters. The maximum absolute atomic E-state index is 8.84. The maximum Gasteiger partial charge on any atom is 0.0639 e. The van der Waals surface area contributed by atoms with Crippen LogP contribution in [0.4, 0.5) is 0 Å². The predicted octanol–water partition coefficient (Wildman–Crippen LogP) is 3.14. The summed E-state index contributed by atoms with van der Waals surface area (Å²) in [5.41, 5.74) is 1.11. The minimum atomic E-state index is 0.211. The van der Waals surface area contributed by atoms with Gasteiger partial charge in [-0.25, -0.2) is 0 Å². The van der Waals surface area contributed by atoms with Gasteiger partial charge in [0.05, 0.1) is 6.61 Å². The fraction of sp³-hybridized carbons (Fsp3) is 0.818. The van der Waals surface area contributed by atoms with Crippen LogP contribution in [-0.4, -0.2) is 11.7 Å². The van der Waals surface area contributed by atoms with Gasteiger partial charge in [-0.1, -0.05) is 38.3 Å². The van der Waals surface area contributed by atoms with E-state index >= 15 is 0 Å². The van der Waals surface area contributed by atoms with Crippen LogP contribution in [0.1, 0.15) is 46.5 Å². The monoisotopic (exact) mass is 170 g/mol. The molecule has 0 aromatic carbocycles. The molecule has 0 aromatic heterocycles. The third-order valence-corrected chi connectivity index (χ3v) is 2.22. The molecule has 0 aliphatic rings. The van der Waals surface area contributed by atoms with Crippen LogP contribution in [-0.2, 0) is 0 Å². The van der Waals surface area contributed by atoms with E-state index in [1.54, 1.807) is 0 Å². The highest BCUT2D eigenvalue weighted by Crippen LogP contribution is 2.15. The Hall–Kier alpha value is -0.300. The summed E-state index contributed by atoms with van der Waals surface area (Å²) in [5, 5.41) is 8.84. The Bertz CT molecular complexity index is 127. The topological polar surface area (TPSA) is 20.2 Å². The molecule has 0 amide bonds. The van der Waals surface area contributed by atoms with Crippen LogP contribution >= 0.6 is 0 Å². The number of allylic oxidation sites excluding steroid dienone is 1. The molecule has 0 saturated carbocycles. The van der Waals surface area contributed by atoms with Crippen molar-refractivity contribution in [3.05, 3.63) is 11.6 Å². The first-order valence-corrected chi connectivity index (χ1v) is 5.02. The molecule has 0 spiro atoms. The highest BCUT2D eigenvalue weighted by atomic mass is 16.3. The summed E-state index contributed by atoms with van der Waals surface area (Å²) in [5.74, 6) is 0.678. The molecule has 0 radical (unpaired) electrons. The summed E-state index contributed by atoms with van der Waals surface area (Å²) in [7, 11) is 0. The lowest BCUT2D eigenvalue weighted by atomic mass is 9.97. The first kappa shape index (κ1) is 11.7. The van der Waals surface area contributed by atoms with E-state index in [1.807, 2.05) is 6.92 Å². The highest BCUT2D eigenvalue weighted by molar-refractivity contribution is 5.00. The number of unbranched alkanes of at least 4 members (excludes halogenated alkanes) is 1. The van der Waals surface area contributed by atoms with Crippen molar-refractivity contribution in [2.45, 2.75) is 46.5 Å². The molecule has 0 heterocycles. The summed E-state index contributed by atoms with van der Waals surface area (Å²) >= 11 is 0. The van der Waals surface area contributed by atoms with Crippen molar-refractivity contribution in [3.63, 3.8) is 0 Å². The second kappa shape index (κ2) is 7.35. The number of aliphatic hydroxyl groups is 1. The van der Waals surface area contributed by atoms with Gasteiger partial charge in [-0.3, -0.25) is 0 Å². The molecule has 0 aromatic rings. The van der Waals surface area contributed by atoms with E-state index in [9.17, 15) is 0 Å². The summed E-state index contributed by atoms with van der Waals surface area (Å²) in [6.07, 6.45) is 7.24. The van der Waals surface area contributed by atoms with Gasteiger partial charge in [0, 0.05) is 0 Å². The molecule has 12 heavy (non-hydrogen) atoms. The Morgan fingerprint density at radius 3 is 2.50 bits per heavy atom. The molecule has 0 bridgehead atoms. The zero-order valence-electron chi connectivity index (χ0n) is 8.64. The van der Waals surface area contributed by atoms with Crippen LogP contribution in [0.3, 0.4) is 0 Å². The lowest BCUT2D eigenvalue weighted by molar-refractivity contribution is 0.329. The average molecular weight is 170 g/mol. The summed E-state index contributed by atoms with van der Waals surface area (Å²) in [4.78, 5) is 0. The molecule has 0 aliphatic heterocycles. The molecule has 1 nitrogen and oxygen atoms in total. The van der Waals surface area contributed by atoms with Gasteiger partial charge in [-0.15, -0.1) is 0 Å². The first-order valence-electron chi connectivity index (χ1n) is 5.02. The molecule has 72 valence electrons. The van der Waals surface area contributed by atoms with Crippen molar-refractivity contribution in [1.29, 1.82) is 0 Å². The molecule has 0 aliphatic carbocycles. The van der Waals surface area contributed by atoms with Crippen molar-refractivity contribution in [3.8, 4) is 0 Å². The van der Waals surface area contributed by atoms with Crippen LogP contribution < -0.4 is 0 Å². The first-order chi connectivity index (χ1) is 5.74. The SMILES string of the molecule is CCCC[C@@H](/C=C(\C)CO)CC. The minimum absolute atomic E-state index is 0.211. The second-order valence-electron chi connectivity index (χ2n) is 3.48. The number of hydrogen-bond donors (Lipinski definition) is 1. The third-order valence-electron chi connectivity index (χ3n) is 2.22. The van der Waals surface area contributed by atoms with Crippen molar-refractivity contribution in [1.82, 2.24) is 0 Å². The largest absolute Gasteiger partial charge is 0.392 e. The molecule has 0 unspecified atom stereocenters. The molecule has 1 heteroatoms. The average Bonchev–Trinajstić information content (AvgIpc) is 2.11. The van der Waals surface area contributed by atoms with Crippen LogP contribution in [0, 0.1) is 5.92 Å². The van der Waals surface area contributed by atoms with Crippen molar-refractivity contribution in [2.24, 2.45) is 5.92 Å². The van der Waals surface area contributed by atoms with E-state index in [0.29, 0.717) is 5.92 Å². The van der Waals surface area contributed by atoms with Crippen molar-refractivity contribution in [2.75, 3.05) is 6.61 Å². The Balaban J connectivity index is 3.81. The molecule has 1 N–H and O–H groups in total. The molecule has 0 saturated heterocycles. The Kier molecular flexibility index (Phi) is 7.17. The van der Waals surface area contributed by atoms with Gasteiger partial charge >= 0.3 is 0 Å². The summed E-state index contributed by atoms with van der Waals surface area (Å²) in [6, 6.07) is 0. The van der Waals surface area contributed by atoms with Crippen LogP contribution in [0.2, 0.25) is 0 Å². The minimum Gasteiger partial charge on any atom is -0.392 e. The Morgan fingerprint density at radius 1 is 1.42 bits per heavy atom. The molecular weight excluding hydrogens is 148 g/mol. The van der Waals surface area contributed by atoms with Crippen molar-refractivity contribution >= 4 is 0 Å². The predicted molar refractivity (Wildman–Crippen MR) is 54.1 cm³/mol. The molecule has 0 rings (SSSR count). The lowest BCUT2D eigenvalue weighted by Crippen LogP contribution is -1.97. The third kappa shape index (κ3) is 5.36. The second-order valence-corrected chi connectivity index (χ2v) is 3.48.